The van der Waals surface area contributed by atoms with Gasteiger partial charge in [0.25, 0.3) is 0 Å². The zero-order valence-corrected chi connectivity index (χ0v) is 10.2. The highest BCUT2D eigenvalue weighted by atomic mass is 16.5. The number of hydrogen-bond donors (Lipinski definition) is 0. The van der Waals surface area contributed by atoms with Gasteiger partial charge in [-0.25, -0.2) is 4.52 Å². The van der Waals surface area contributed by atoms with Crippen LogP contribution in [0.2, 0.25) is 0 Å². The van der Waals surface area contributed by atoms with Crippen LogP contribution in [-0.4, -0.2) is 16.7 Å². The predicted molar refractivity (Wildman–Crippen MR) is 68.4 cm³/mol. The minimum Gasteiger partial charge on any atom is -0.481 e. The molecule has 2 aromatic heterocycles. The maximum absolute atomic E-state index is 5.39. The standard InChI is InChI=1S/C14H16N2O/c1-3-4-10-7-12-9-13(11-5-6-11)15-16(12)14(8-10)17-2/h3-4,7-9,11H,5-6H2,1-2H3/b4-3-. The summed E-state index contributed by atoms with van der Waals surface area (Å²) < 4.78 is 7.28. The Bertz CT molecular complexity index is 579. The molecule has 1 fully saturated rings. The highest BCUT2D eigenvalue weighted by molar-refractivity contribution is 5.61. The van der Waals surface area contributed by atoms with Gasteiger partial charge >= 0.3 is 0 Å². The van der Waals surface area contributed by atoms with Gasteiger partial charge < -0.3 is 4.74 Å². The Morgan fingerprint density at radius 1 is 1.35 bits per heavy atom. The third-order valence-corrected chi connectivity index (χ3v) is 3.13. The molecule has 1 saturated carbocycles. The molecule has 3 rings (SSSR count). The second-order valence-corrected chi connectivity index (χ2v) is 4.51. The number of aromatic nitrogens is 2. The first-order chi connectivity index (χ1) is 8.31. The van der Waals surface area contributed by atoms with E-state index in [0.29, 0.717) is 5.92 Å². The van der Waals surface area contributed by atoms with Crippen molar-refractivity contribution in [1.29, 1.82) is 0 Å². The molecule has 3 heteroatoms. The molecule has 2 heterocycles. The lowest BCUT2D eigenvalue weighted by atomic mass is 10.2. The highest BCUT2D eigenvalue weighted by Crippen LogP contribution is 2.40. The van der Waals surface area contributed by atoms with E-state index in [0.717, 1.165) is 17.0 Å². The lowest BCUT2D eigenvalue weighted by molar-refractivity contribution is 0.385. The smallest absolute Gasteiger partial charge is 0.215 e. The number of rotatable bonds is 3. The van der Waals surface area contributed by atoms with Crippen LogP contribution < -0.4 is 4.74 Å². The third kappa shape index (κ3) is 1.82. The van der Waals surface area contributed by atoms with Crippen molar-refractivity contribution in [2.24, 2.45) is 0 Å². The molecule has 1 aliphatic carbocycles. The quantitative estimate of drug-likeness (QED) is 0.806. The van der Waals surface area contributed by atoms with Crippen LogP contribution in [-0.2, 0) is 0 Å². The minimum absolute atomic E-state index is 0.671. The summed E-state index contributed by atoms with van der Waals surface area (Å²) in [5.74, 6) is 1.47. The summed E-state index contributed by atoms with van der Waals surface area (Å²) >= 11 is 0. The average Bonchev–Trinajstić information content (AvgIpc) is 3.09. The highest BCUT2D eigenvalue weighted by Gasteiger charge is 2.26. The molecule has 0 atom stereocenters. The van der Waals surface area contributed by atoms with Crippen LogP contribution in [0.3, 0.4) is 0 Å². The molecule has 0 radical (unpaired) electrons. The van der Waals surface area contributed by atoms with Crippen LogP contribution in [0.5, 0.6) is 5.88 Å². The summed E-state index contributed by atoms with van der Waals surface area (Å²) in [6.45, 7) is 2.02. The normalized spacial score (nSPS) is 15.9. The lowest BCUT2D eigenvalue weighted by Gasteiger charge is -2.04. The Balaban J connectivity index is 2.17. The Kier molecular flexibility index (Phi) is 2.39. The van der Waals surface area contributed by atoms with E-state index < -0.39 is 0 Å². The SMILES string of the molecule is C/C=C\c1cc(OC)n2nc(C3CC3)cc2c1. The first-order valence-corrected chi connectivity index (χ1v) is 6.02. The van der Waals surface area contributed by atoms with Crippen molar-refractivity contribution in [2.75, 3.05) is 7.11 Å². The van der Waals surface area contributed by atoms with Gasteiger partial charge in [-0.1, -0.05) is 12.2 Å². The number of fused-ring (bicyclic) bond motifs is 1. The zero-order chi connectivity index (χ0) is 11.8. The Morgan fingerprint density at radius 2 is 2.18 bits per heavy atom. The fourth-order valence-electron chi connectivity index (χ4n) is 2.12. The fraction of sp³-hybridized carbons (Fsp3) is 0.357. The number of allylic oxidation sites excluding steroid dienone is 1. The van der Waals surface area contributed by atoms with Gasteiger partial charge in [0.15, 0.2) is 0 Å². The summed E-state index contributed by atoms with van der Waals surface area (Å²) in [5.41, 5.74) is 3.46. The minimum atomic E-state index is 0.671. The Morgan fingerprint density at radius 3 is 2.82 bits per heavy atom. The van der Waals surface area contributed by atoms with Crippen LogP contribution in [0.4, 0.5) is 0 Å². The van der Waals surface area contributed by atoms with Crippen LogP contribution >= 0.6 is 0 Å². The number of ether oxygens (including phenoxy) is 1. The summed E-state index contributed by atoms with van der Waals surface area (Å²) in [5, 5.41) is 4.61. The summed E-state index contributed by atoms with van der Waals surface area (Å²) in [6.07, 6.45) is 6.65. The van der Waals surface area contributed by atoms with E-state index in [9.17, 15) is 0 Å². The van der Waals surface area contributed by atoms with Gasteiger partial charge in [0.1, 0.15) is 0 Å². The molecular formula is C14H16N2O. The van der Waals surface area contributed by atoms with Gasteiger partial charge in [0.2, 0.25) is 5.88 Å². The molecule has 1 aliphatic rings. The van der Waals surface area contributed by atoms with Crippen molar-refractivity contribution in [3.63, 3.8) is 0 Å². The molecular weight excluding hydrogens is 212 g/mol. The maximum atomic E-state index is 5.39. The summed E-state index contributed by atoms with van der Waals surface area (Å²) in [4.78, 5) is 0. The first-order valence-electron chi connectivity index (χ1n) is 6.02. The van der Waals surface area contributed by atoms with E-state index >= 15 is 0 Å². The van der Waals surface area contributed by atoms with Crippen LogP contribution in [0.15, 0.2) is 24.3 Å². The van der Waals surface area contributed by atoms with E-state index in [1.807, 2.05) is 23.6 Å². The van der Waals surface area contributed by atoms with E-state index in [-0.39, 0.29) is 0 Å². The van der Waals surface area contributed by atoms with Crippen LogP contribution in [0.25, 0.3) is 11.6 Å². The maximum Gasteiger partial charge on any atom is 0.215 e. The number of hydrogen-bond acceptors (Lipinski definition) is 2. The van der Waals surface area contributed by atoms with Gasteiger partial charge in [-0.15, -0.1) is 0 Å². The zero-order valence-electron chi connectivity index (χ0n) is 10.2. The fourth-order valence-corrected chi connectivity index (χ4v) is 2.12. The molecule has 3 nitrogen and oxygen atoms in total. The molecule has 0 saturated heterocycles. The largest absolute Gasteiger partial charge is 0.481 e. The van der Waals surface area contributed by atoms with Gasteiger partial charge in [0, 0.05) is 12.0 Å². The first kappa shape index (κ1) is 10.4. The van der Waals surface area contributed by atoms with E-state index in [2.05, 4.69) is 23.3 Å². The number of methoxy groups -OCH3 is 1. The summed E-state index contributed by atoms with van der Waals surface area (Å²) in [6, 6.07) is 6.32. The monoisotopic (exact) mass is 228 g/mol. The molecule has 0 N–H and O–H groups in total. The molecule has 17 heavy (non-hydrogen) atoms. The lowest BCUT2D eigenvalue weighted by Crippen LogP contribution is -1.96. The van der Waals surface area contributed by atoms with Crippen molar-refractivity contribution in [3.8, 4) is 5.88 Å². The third-order valence-electron chi connectivity index (χ3n) is 3.13. The van der Waals surface area contributed by atoms with Gasteiger partial charge in [-0.05, 0) is 37.5 Å². The average molecular weight is 228 g/mol. The van der Waals surface area contributed by atoms with Crippen molar-refractivity contribution >= 4 is 11.6 Å². The Labute approximate surface area is 101 Å². The molecule has 88 valence electrons. The predicted octanol–water partition coefficient (Wildman–Crippen LogP) is 3.25. The van der Waals surface area contributed by atoms with Gasteiger partial charge in [-0.3, -0.25) is 0 Å². The summed E-state index contributed by atoms with van der Waals surface area (Å²) in [7, 11) is 1.69. The van der Waals surface area contributed by atoms with Crippen molar-refractivity contribution in [1.82, 2.24) is 9.61 Å². The molecule has 0 aliphatic heterocycles. The van der Waals surface area contributed by atoms with E-state index in [1.54, 1.807) is 7.11 Å². The van der Waals surface area contributed by atoms with E-state index in [1.165, 1.54) is 18.5 Å². The van der Waals surface area contributed by atoms with Gasteiger partial charge in [-0.2, -0.15) is 5.10 Å². The number of nitrogens with zero attached hydrogens (tertiary/aromatic N) is 2. The molecule has 0 spiro atoms. The molecule has 0 unspecified atom stereocenters. The topological polar surface area (TPSA) is 26.5 Å². The molecule has 0 bridgehead atoms. The Hall–Kier alpha value is -1.77. The molecule has 0 aromatic carbocycles. The van der Waals surface area contributed by atoms with E-state index in [4.69, 9.17) is 4.74 Å². The second-order valence-electron chi connectivity index (χ2n) is 4.51. The van der Waals surface area contributed by atoms with Crippen LogP contribution in [0, 0.1) is 0 Å². The molecule has 2 aromatic rings. The number of pyridine rings is 1. The second kappa shape index (κ2) is 3.91. The van der Waals surface area contributed by atoms with Crippen molar-refractivity contribution < 1.29 is 4.74 Å². The van der Waals surface area contributed by atoms with Gasteiger partial charge in [0.05, 0.1) is 18.3 Å². The van der Waals surface area contributed by atoms with Crippen molar-refractivity contribution in [2.45, 2.75) is 25.7 Å². The van der Waals surface area contributed by atoms with Crippen molar-refractivity contribution in [3.05, 3.63) is 35.5 Å². The van der Waals surface area contributed by atoms with Crippen LogP contribution in [0.1, 0.15) is 36.9 Å². The molecule has 0 amide bonds.